The Morgan fingerprint density at radius 3 is 2.08 bits per heavy atom. The number of hydrogen-bond acceptors (Lipinski definition) is 4. The molecular weight excluding hydrogens is 461 g/mol. The zero-order valence-corrected chi connectivity index (χ0v) is 21.2. The van der Waals surface area contributed by atoms with E-state index in [4.69, 9.17) is 4.42 Å². The van der Waals surface area contributed by atoms with Gasteiger partial charge in [-0.05, 0) is 74.2 Å². The van der Waals surface area contributed by atoms with Gasteiger partial charge in [0.25, 0.3) is 5.91 Å². The van der Waals surface area contributed by atoms with Crippen molar-refractivity contribution >= 4 is 23.4 Å². The van der Waals surface area contributed by atoms with Crippen LogP contribution in [0, 0.1) is 5.82 Å². The Kier molecular flexibility index (Phi) is 8.29. The minimum absolute atomic E-state index is 0.0578. The minimum Gasteiger partial charge on any atom is -0.459 e. The molecule has 1 heterocycles. The van der Waals surface area contributed by atoms with Crippen LogP contribution >= 0.6 is 0 Å². The molecule has 7 nitrogen and oxygen atoms in total. The highest BCUT2D eigenvalue weighted by molar-refractivity contribution is 6.04. The van der Waals surface area contributed by atoms with Crippen molar-refractivity contribution in [3.8, 4) is 0 Å². The molecule has 2 N–H and O–H groups in total. The monoisotopic (exact) mass is 493 g/mol. The number of nitrogens with zero attached hydrogens (tertiary/aromatic N) is 1. The topological polar surface area (TPSA) is 91.7 Å². The van der Waals surface area contributed by atoms with Crippen molar-refractivity contribution in [1.82, 2.24) is 10.6 Å². The molecule has 0 unspecified atom stereocenters. The predicted octanol–water partition coefficient (Wildman–Crippen LogP) is 4.96. The van der Waals surface area contributed by atoms with Crippen LogP contribution in [0.1, 0.15) is 68.3 Å². The molecule has 3 amide bonds. The third-order valence-electron chi connectivity index (χ3n) is 5.44. The number of rotatable bonds is 8. The van der Waals surface area contributed by atoms with Gasteiger partial charge in [-0.25, -0.2) is 4.39 Å². The molecule has 0 bridgehead atoms. The molecule has 1 atom stereocenters. The summed E-state index contributed by atoms with van der Waals surface area (Å²) in [6, 6.07) is 14.7. The fourth-order valence-corrected chi connectivity index (χ4v) is 3.69. The van der Waals surface area contributed by atoms with E-state index in [1.165, 1.54) is 41.5 Å². The molecule has 0 aliphatic carbocycles. The second-order valence-electron chi connectivity index (χ2n) is 9.86. The number of carbonyl (C=O) groups excluding carboxylic acids is 3. The van der Waals surface area contributed by atoms with Crippen molar-refractivity contribution in [3.05, 3.63) is 89.6 Å². The van der Waals surface area contributed by atoms with Crippen molar-refractivity contribution < 1.29 is 23.2 Å². The van der Waals surface area contributed by atoms with E-state index in [9.17, 15) is 18.8 Å². The first-order valence-corrected chi connectivity index (χ1v) is 11.8. The van der Waals surface area contributed by atoms with Gasteiger partial charge in [-0.3, -0.25) is 19.3 Å². The van der Waals surface area contributed by atoms with Gasteiger partial charge in [-0.1, -0.05) is 38.1 Å². The van der Waals surface area contributed by atoms with Gasteiger partial charge in [0, 0.05) is 11.2 Å². The van der Waals surface area contributed by atoms with Gasteiger partial charge >= 0.3 is 0 Å². The first-order chi connectivity index (χ1) is 17.0. The van der Waals surface area contributed by atoms with E-state index in [1.54, 1.807) is 6.07 Å². The lowest BCUT2D eigenvalue weighted by Crippen LogP contribution is -2.51. The number of amides is 3. The molecule has 0 aliphatic rings. The highest BCUT2D eigenvalue weighted by Crippen LogP contribution is 2.30. The standard InChI is InChI=1S/C28H32FN3O4/c1-18(2)19-8-10-20(11-9-19)25(27(35)31-28(3,4)5)32(22-14-12-21(29)13-15-22)24(33)17-30-26(34)23-7-6-16-36-23/h6-16,18,25H,17H2,1-5H3,(H,30,34)(H,31,35)/t25-/m1/s1. The lowest BCUT2D eigenvalue weighted by molar-refractivity contribution is -0.127. The average Bonchev–Trinajstić information content (AvgIpc) is 3.35. The van der Waals surface area contributed by atoms with Crippen molar-refractivity contribution in [2.45, 2.75) is 52.1 Å². The molecule has 36 heavy (non-hydrogen) atoms. The lowest BCUT2D eigenvalue weighted by atomic mass is 9.96. The molecule has 0 radical (unpaired) electrons. The van der Waals surface area contributed by atoms with Crippen LogP contribution in [0.25, 0.3) is 0 Å². The summed E-state index contributed by atoms with van der Waals surface area (Å²) in [5.74, 6) is -1.66. The quantitative estimate of drug-likeness (QED) is 0.464. The number of furan rings is 1. The number of anilines is 1. The van der Waals surface area contributed by atoms with Gasteiger partial charge < -0.3 is 15.1 Å². The molecule has 1 aromatic heterocycles. The van der Waals surface area contributed by atoms with Gasteiger partial charge in [0.05, 0.1) is 12.8 Å². The zero-order valence-electron chi connectivity index (χ0n) is 21.2. The van der Waals surface area contributed by atoms with E-state index >= 15 is 0 Å². The lowest BCUT2D eigenvalue weighted by Gasteiger charge is -2.34. The van der Waals surface area contributed by atoms with Gasteiger partial charge in [-0.2, -0.15) is 0 Å². The molecule has 2 aromatic carbocycles. The van der Waals surface area contributed by atoms with E-state index in [1.807, 2.05) is 45.0 Å². The van der Waals surface area contributed by atoms with Gasteiger partial charge in [0.15, 0.2) is 5.76 Å². The Labute approximate surface area is 210 Å². The Balaban J connectivity index is 2.03. The maximum absolute atomic E-state index is 13.7. The van der Waals surface area contributed by atoms with E-state index in [-0.39, 0.29) is 11.7 Å². The Bertz CT molecular complexity index is 1180. The van der Waals surface area contributed by atoms with E-state index in [0.717, 1.165) is 5.56 Å². The fourth-order valence-electron chi connectivity index (χ4n) is 3.69. The summed E-state index contributed by atoms with van der Waals surface area (Å²) < 4.78 is 18.8. The van der Waals surface area contributed by atoms with Crippen molar-refractivity contribution in [2.75, 3.05) is 11.4 Å². The van der Waals surface area contributed by atoms with Crippen LogP contribution in [0.3, 0.4) is 0 Å². The summed E-state index contributed by atoms with van der Waals surface area (Å²) in [6.07, 6.45) is 1.36. The normalized spacial score (nSPS) is 12.2. The number of benzene rings is 2. The summed E-state index contributed by atoms with van der Waals surface area (Å²) in [5.41, 5.74) is 1.41. The van der Waals surface area contributed by atoms with Crippen LogP contribution in [0.4, 0.5) is 10.1 Å². The SMILES string of the molecule is CC(C)c1ccc([C@H](C(=O)NC(C)(C)C)N(C(=O)CNC(=O)c2ccco2)c2ccc(F)cc2)cc1. The maximum Gasteiger partial charge on any atom is 0.287 e. The number of carbonyl (C=O) groups is 3. The summed E-state index contributed by atoms with van der Waals surface area (Å²) in [5, 5.41) is 5.48. The smallest absolute Gasteiger partial charge is 0.287 e. The number of nitrogens with one attached hydrogen (secondary N) is 2. The summed E-state index contributed by atoms with van der Waals surface area (Å²) >= 11 is 0. The van der Waals surface area contributed by atoms with Gasteiger partial charge in [-0.15, -0.1) is 0 Å². The Hall–Kier alpha value is -3.94. The van der Waals surface area contributed by atoms with Gasteiger partial charge in [0.2, 0.25) is 11.8 Å². The van der Waals surface area contributed by atoms with Crippen LogP contribution in [-0.2, 0) is 9.59 Å². The van der Waals surface area contributed by atoms with E-state index in [2.05, 4.69) is 24.5 Å². The molecular formula is C28H32FN3O4. The zero-order chi connectivity index (χ0) is 26.5. The molecule has 8 heteroatoms. The molecule has 190 valence electrons. The molecule has 0 saturated heterocycles. The second-order valence-corrected chi connectivity index (χ2v) is 9.86. The largest absolute Gasteiger partial charge is 0.459 e. The number of halogens is 1. The first-order valence-electron chi connectivity index (χ1n) is 11.8. The molecule has 0 fully saturated rings. The van der Waals surface area contributed by atoms with Crippen LogP contribution < -0.4 is 15.5 Å². The Morgan fingerprint density at radius 2 is 1.56 bits per heavy atom. The molecule has 3 aromatic rings. The third-order valence-corrected chi connectivity index (χ3v) is 5.44. The maximum atomic E-state index is 13.7. The van der Waals surface area contributed by atoms with Crippen LogP contribution in [0.2, 0.25) is 0 Å². The summed E-state index contributed by atoms with van der Waals surface area (Å²) in [4.78, 5) is 40.8. The molecule has 0 saturated carbocycles. The van der Waals surface area contributed by atoms with Crippen LogP contribution in [0.5, 0.6) is 0 Å². The first kappa shape index (κ1) is 26.7. The molecule has 0 spiro atoms. The van der Waals surface area contributed by atoms with Crippen LogP contribution in [-0.4, -0.2) is 29.8 Å². The van der Waals surface area contributed by atoms with E-state index in [0.29, 0.717) is 11.3 Å². The van der Waals surface area contributed by atoms with Crippen LogP contribution in [0.15, 0.2) is 71.3 Å². The second kappa shape index (κ2) is 11.2. The summed E-state index contributed by atoms with van der Waals surface area (Å²) in [7, 11) is 0. The van der Waals surface area contributed by atoms with E-state index < -0.39 is 41.7 Å². The minimum atomic E-state index is -1.07. The fraction of sp³-hybridized carbons (Fsp3) is 0.321. The Morgan fingerprint density at radius 1 is 0.944 bits per heavy atom. The predicted molar refractivity (Wildman–Crippen MR) is 136 cm³/mol. The van der Waals surface area contributed by atoms with Crippen molar-refractivity contribution in [2.24, 2.45) is 0 Å². The third kappa shape index (κ3) is 6.81. The molecule has 3 rings (SSSR count). The average molecular weight is 494 g/mol. The summed E-state index contributed by atoms with van der Waals surface area (Å²) in [6.45, 7) is 9.26. The highest BCUT2D eigenvalue weighted by Gasteiger charge is 2.34. The van der Waals surface area contributed by atoms with Gasteiger partial charge in [0.1, 0.15) is 11.9 Å². The van der Waals surface area contributed by atoms with Crippen molar-refractivity contribution in [3.63, 3.8) is 0 Å². The number of hydrogen-bond donors (Lipinski definition) is 2. The molecule has 0 aliphatic heterocycles. The highest BCUT2D eigenvalue weighted by atomic mass is 19.1. The van der Waals surface area contributed by atoms with Crippen molar-refractivity contribution in [1.29, 1.82) is 0 Å².